The molecule has 5 nitrogen and oxygen atoms in total. The van der Waals surface area contributed by atoms with E-state index in [-0.39, 0.29) is 5.82 Å². The first-order valence-electron chi connectivity index (χ1n) is 2.49. The van der Waals surface area contributed by atoms with Crippen molar-refractivity contribution in [2.75, 3.05) is 5.73 Å². The maximum absolute atomic E-state index is 10.6. The largest absolute Gasteiger partial charge is 0.383 e. The summed E-state index contributed by atoms with van der Waals surface area (Å²) >= 11 is 0. The van der Waals surface area contributed by atoms with Crippen LogP contribution in [0, 0.1) is 11.5 Å². The zero-order chi connectivity index (χ0) is 7.56. The number of nitrogens with two attached hydrogens (primary N) is 1. The van der Waals surface area contributed by atoms with Crippen molar-refractivity contribution >= 4 is 5.82 Å². The van der Waals surface area contributed by atoms with Crippen LogP contribution in [-0.4, -0.2) is 9.55 Å². The van der Waals surface area contributed by atoms with Crippen LogP contribution in [0.5, 0.6) is 0 Å². The number of nitrogen functional groups attached to an aromatic ring is 1. The molecule has 0 atom stereocenters. The highest BCUT2D eigenvalue weighted by Gasteiger charge is 1.92. The number of nitrogens with zero attached hydrogens (tertiary/aromatic N) is 3. The van der Waals surface area contributed by atoms with Crippen molar-refractivity contribution in [3.63, 3.8) is 0 Å². The number of nitriles is 1. The lowest BCUT2D eigenvalue weighted by Gasteiger charge is -1.90. The van der Waals surface area contributed by atoms with Gasteiger partial charge in [-0.25, -0.2) is 9.36 Å². The van der Waals surface area contributed by atoms with Gasteiger partial charge in [-0.1, -0.05) is 0 Å². The third kappa shape index (κ3) is 0.951. The molecule has 0 fully saturated rings. The molecule has 0 radical (unpaired) electrons. The van der Waals surface area contributed by atoms with E-state index in [1.165, 1.54) is 12.3 Å². The van der Waals surface area contributed by atoms with Crippen LogP contribution in [-0.2, 0) is 0 Å². The summed E-state index contributed by atoms with van der Waals surface area (Å²) in [5.41, 5.74) is 4.50. The van der Waals surface area contributed by atoms with Gasteiger partial charge in [0.1, 0.15) is 5.82 Å². The van der Waals surface area contributed by atoms with Gasteiger partial charge in [0, 0.05) is 6.20 Å². The Labute approximate surface area is 56.3 Å². The van der Waals surface area contributed by atoms with E-state index in [1.54, 1.807) is 6.19 Å². The molecule has 0 amide bonds. The molecule has 0 aliphatic rings. The normalized spacial score (nSPS) is 8.70. The van der Waals surface area contributed by atoms with E-state index in [0.717, 1.165) is 4.57 Å². The maximum atomic E-state index is 10.6. The Bertz CT molecular complexity index is 334. The van der Waals surface area contributed by atoms with Gasteiger partial charge in [0.05, 0.1) is 0 Å². The fraction of sp³-hybridized carbons (Fsp3) is 0. The van der Waals surface area contributed by atoms with Gasteiger partial charge in [-0.15, -0.1) is 0 Å². The Kier molecular flexibility index (Phi) is 1.38. The SMILES string of the molecule is N#Cn1ccc(N)nc1=O. The molecule has 10 heavy (non-hydrogen) atoms. The quantitative estimate of drug-likeness (QED) is 0.503. The van der Waals surface area contributed by atoms with E-state index in [0.29, 0.717) is 0 Å². The standard InChI is InChI=1S/C5H4N4O/c6-3-9-2-1-4(7)8-5(9)10/h1-2H,(H2,7,8,10). The minimum absolute atomic E-state index is 0.122. The number of rotatable bonds is 0. The number of hydrogen-bond acceptors (Lipinski definition) is 4. The highest BCUT2D eigenvalue weighted by Crippen LogP contribution is 1.86. The number of aromatic nitrogens is 2. The minimum Gasteiger partial charge on any atom is -0.383 e. The molecular weight excluding hydrogens is 132 g/mol. The molecule has 0 aromatic carbocycles. The van der Waals surface area contributed by atoms with Gasteiger partial charge in [0.15, 0.2) is 6.19 Å². The van der Waals surface area contributed by atoms with Crippen molar-refractivity contribution in [2.24, 2.45) is 0 Å². The summed E-state index contributed by atoms with van der Waals surface area (Å²) in [7, 11) is 0. The van der Waals surface area contributed by atoms with Crippen molar-refractivity contribution in [3.8, 4) is 6.19 Å². The van der Waals surface area contributed by atoms with E-state index in [2.05, 4.69) is 4.98 Å². The molecule has 0 unspecified atom stereocenters. The molecule has 0 saturated heterocycles. The monoisotopic (exact) mass is 136 g/mol. The van der Waals surface area contributed by atoms with Crippen molar-refractivity contribution in [2.45, 2.75) is 0 Å². The Morgan fingerprint density at radius 2 is 2.50 bits per heavy atom. The lowest BCUT2D eigenvalue weighted by atomic mass is 10.6. The molecule has 0 aliphatic heterocycles. The lowest BCUT2D eigenvalue weighted by Crippen LogP contribution is -2.19. The topological polar surface area (TPSA) is 84.7 Å². The predicted molar refractivity (Wildman–Crippen MR) is 33.9 cm³/mol. The smallest absolute Gasteiger partial charge is 0.362 e. The lowest BCUT2D eigenvalue weighted by molar-refractivity contribution is 0.935. The summed E-state index contributed by atoms with van der Waals surface area (Å²) in [6.07, 6.45) is 2.88. The molecule has 5 heteroatoms. The highest BCUT2D eigenvalue weighted by atomic mass is 16.1. The molecule has 0 saturated carbocycles. The first kappa shape index (κ1) is 6.29. The van der Waals surface area contributed by atoms with Gasteiger partial charge < -0.3 is 5.73 Å². The van der Waals surface area contributed by atoms with Gasteiger partial charge in [-0.3, -0.25) is 0 Å². The molecule has 1 heterocycles. The third-order valence-corrected chi connectivity index (χ3v) is 0.933. The summed E-state index contributed by atoms with van der Waals surface area (Å²) < 4.78 is 0.788. The second-order valence-electron chi connectivity index (χ2n) is 1.60. The molecule has 0 spiro atoms. The average molecular weight is 136 g/mol. The first-order chi connectivity index (χ1) is 4.74. The van der Waals surface area contributed by atoms with Crippen LogP contribution in [0.15, 0.2) is 17.1 Å². The van der Waals surface area contributed by atoms with E-state index in [4.69, 9.17) is 11.0 Å². The van der Waals surface area contributed by atoms with Crippen LogP contribution in [0.3, 0.4) is 0 Å². The molecule has 1 aromatic rings. The van der Waals surface area contributed by atoms with Crippen LogP contribution in [0.2, 0.25) is 0 Å². The van der Waals surface area contributed by atoms with Gasteiger partial charge in [-0.2, -0.15) is 10.2 Å². The number of hydrogen-bond donors (Lipinski definition) is 1. The summed E-state index contributed by atoms with van der Waals surface area (Å²) in [5.74, 6) is 0.122. The van der Waals surface area contributed by atoms with Crippen LogP contribution in [0.1, 0.15) is 0 Å². The molecule has 1 rings (SSSR count). The Hall–Kier alpha value is -1.83. The maximum Gasteiger partial charge on any atom is 0.362 e. The molecular formula is C5H4N4O. The Balaban J connectivity index is 3.38. The molecule has 2 N–H and O–H groups in total. The summed E-state index contributed by atoms with van der Waals surface area (Å²) in [4.78, 5) is 13.9. The fourth-order valence-electron chi connectivity index (χ4n) is 0.492. The van der Waals surface area contributed by atoms with E-state index >= 15 is 0 Å². The van der Waals surface area contributed by atoms with Crippen molar-refractivity contribution in [3.05, 3.63) is 22.7 Å². The number of anilines is 1. The zero-order valence-corrected chi connectivity index (χ0v) is 4.98. The third-order valence-electron chi connectivity index (χ3n) is 0.933. The van der Waals surface area contributed by atoms with E-state index in [9.17, 15) is 4.79 Å². The second kappa shape index (κ2) is 2.19. The molecule has 0 aliphatic carbocycles. The fourth-order valence-corrected chi connectivity index (χ4v) is 0.492. The second-order valence-corrected chi connectivity index (χ2v) is 1.60. The van der Waals surface area contributed by atoms with Gasteiger partial charge in [0.2, 0.25) is 0 Å². The van der Waals surface area contributed by atoms with Crippen LogP contribution in [0.25, 0.3) is 0 Å². The van der Waals surface area contributed by atoms with Crippen LogP contribution >= 0.6 is 0 Å². The highest BCUT2D eigenvalue weighted by molar-refractivity contribution is 5.24. The summed E-state index contributed by atoms with van der Waals surface area (Å²) in [6, 6.07) is 1.38. The predicted octanol–water partition coefficient (Wildman–Crippen LogP) is -0.845. The zero-order valence-electron chi connectivity index (χ0n) is 4.98. The Morgan fingerprint density at radius 1 is 1.80 bits per heavy atom. The van der Waals surface area contributed by atoms with Gasteiger partial charge >= 0.3 is 5.69 Å². The van der Waals surface area contributed by atoms with Crippen LogP contribution < -0.4 is 11.4 Å². The van der Waals surface area contributed by atoms with Gasteiger partial charge in [-0.05, 0) is 6.07 Å². The van der Waals surface area contributed by atoms with Crippen molar-refractivity contribution in [1.82, 2.24) is 9.55 Å². The van der Waals surface area contributed by atoms with E-state index in [1.807, 2.05) is 0 Å². The molecule has 0 bridgehead atoms. The minimum atomic E-state index is -0.650. The van der Waals surface area contributed by atoms with Crippen molar-refractivity contribution < 1.29 is 0 Å². The Morgan fingerprint density at radius 3 is 3.00 bits per heavy atom. The summed E-state index contributed by atoms with van der Waals surface area (Å²) in [5, 5.41) is 8.24. The molecule has 50 valence electrons. The summed E-state index contributed by atoms with van der Waals surface area (Å²) in [6.45, 7) is 0. The average Bonchev–Trinajstić information content (AvgIpc) is 1.88. The van der Waals surface area contributed by atoms with Crippen molar-refractivity contribution in [1.29, 1.82) is 5.26 Å². The van der Waals surface area contributed by atoms with Gasteiger partial charge in [0.25, 0.3) is 0 Å². The molecule has 1 aromatic heterocycles. The van der Waals surface area contributed by atoms with E-state index < -0.39 is 5.69 Å². The first-order valence-corrected chi connectivity index (χ1v) is 2.49. The van der Waals surface area contributed by atoms with Crippen LogP contribution in [0.4, 0.5) is 5.82 Å².